The smallest absolute Gasteiger partial charge is 0.251 e. The van der Waals surface area contributed by atoms with Gasteiger partial charge in [-0.05, 0) is 49.6 Å². The molecule has 1 fully saturated rings. The molecule has 3 rings (SSSR count). The Labute approximate surface area is 154 Å². The summed E-state index contributed by atoms with van der Waals surface area (Å²) in [7, 11) is 0. The Morgan fingerprint density at radius 1 is 1.24 bits per heavy atom. The van der Waals surface area contributed by atoms with Crippen molar-refractivity contribution in [3.05, 3.63) is 64.4 Å². The maximum Gasteiger partial charge on any atom is 0.251 e. The largest absolute Gasteiger partial charge is 0.348 e. The fraction of sp³-hybridized carbons (Fsp3) is 0.400. The van der Waals surface area contributed by atoms with Crippen LogP contribution in [0.3, 0.4) is 0 Å². The number of hydrogen-bond donors (Lipinski definition) is 1. The first-order chi connectivity index (χ1) is 12.1. The number of nitrogens with zero attached hydrogens (tertiary/aromatic N) is 2. The van der Waals surface area contributed by atoms with Gasteiger partial charge in [0.2, 0.25) is 0 Å². The van der Waals surface area contributed by atoms with Crippen LogP contribution in [0.25, 0.3) is 0 Å². The van der Waals surface area contributed by atoms with Gasteiger partial charge in [-0.2, -0.15) is 0 Å². The number of piperidine rings is 1. The van der Waals surface area contributed by atoms with Crippen molar-refractivity contribution in [3.63, 3.8) is 0 Å². The second-order valence-electron chi connectivity index (χ2n) is 6.68. The SMILES string of the molecule is CC1CCCCN1Cc1ccc(CNC(=O)c2ccnc(Cl)c2)cc1. The zero-order valence-electron chi connectivity index (χ0n) is 14.5. The standard InChI is InChI=1S/C20H24ClN3O/c1-15-4-2-3-11-24(15)14-17-7-5-16(6-8-17)13-23-20(25)18-9-10-22-19(21)12-18/h5-10,12,15H,2-4,11,13-14H2,1H3,(H,23,25). The van der Waals surface area contributed by atoms with Gasteiger partial charge in [-0.1, -0.05) is 42.3 Å². The van der Waals surface area contributed by atoms with Gasteiger partial charge < -0.3 is 5.32 Å². The number of carbonyl (C=O) groups is 1. The monoisotopic (exact) mass is 357 g/mol. The number of hydrogen-bond acceptors (Lipinski definition) is 3. The Kier molecular flexibility index (Phi) is 6.05. The van der Waals surface area contributed by atoms with Crippen LogP contribution in [0.15, 0.2) is 42.6 Å². The number of halogens is 1. The molecule has 1 aromatic heterocycles. The number of likely N-dealkylation sites (tertiary alicyclic amines) is 1. The number of rotatable bonds is 5. The molecule has 0 bridgehead atoms. The molecule has 1 aromatic carbocycles. The zero-order chi connectivity index (χ0) is 17.6. The minimum Gasteiger partial charge on any atom is -0.348 e. The molecule has 1 N–H and O–H groups in total. The second kappa shape index (κ2) is 8.45. The zero-order valence-corrected chi connectivity index (χ0v) is 15.3. The van der Waals surface area contributed by atoms with Gasteiger partial charge in [-0.25, -0.2) is 4.98 Å². The lowest BCUT2D eigenvalue weighted by atomic mass is 10.0. The van der Waals surface area contributed by atoms with Gasteiger partial charge in [-0.3, -0.25) is 9.69 Å². The van der Waals surface area contributed by atoms with E-state index in [0.717, 1.165) is 12.1 Å². The summed E-state index contributed by atoms with van der Waals surface area (Å²) in [5.74, 6) is -0.143. The minimum absolute atomic E-state index is 0.143. The average molecular weight is 358 g/mol. The average Bonchev–Trinajstić information content (AvgIpc) is 2.63. The number of pyridine rings is 1. The van der Waals surface area contributed by atoms with Crippen LogP contribution in [-0.2, 0) is 13.1 Å². The van der Waals surface area contributed by atoms with Gasteiger partial charge in [0.1, 0.15) is 5.15 Å². The second-order valence-corrected chi connectivity index (χ2v) is 7.07. The summed E-state index contributed by atoms with van der Waals surface area (Å²) < 4.78 is 0. The van der Waals surface area contributed by atoms with E-state index in [0.29, 0.717) is 23.3 Å². The molecule has 2 aromatic rings. The van der Waals surface area contributed by atoms with Crippen molar-refractivity contribution >= 4 is 17.5 Å². The first-order valence-electron chi connectivity index (χ1n) is 8.83. The summed E-state index contributed by atoms with van der Waals surface area (Å²) in [5.41, 5.74) is 2.93. The highest BCUT2D eigenvalue weighted by atomic mass is 35.5. The lowest BCUT2D eigenvalue weighted by Gasteiger charge is -2.33. The van der Waals surface area contributed by atoms with Gasteiger partial charge in [0.25, 0.3) is 5.91 Å². The fourth-order valence-electron chi connectivity index (χ4n) is 3.22. The quantitative estimate of drug-likeness (QED) is 0.821. The molecule has 5 heteroatoms. The maximum atomic E-state index is 12.1. The molecule has 132 valence electrons. The van der Waals surface area contributed by atoms with Crippen LogP contribution < -0.4 is 5.32 Å². The molecule has 1 saturated heterocycles. The van der Waals surface area contributed by atoms with Crippen molar-refractivity contribution in [1.29, 1.82) is 0 Å². The van der Waals surface area contributed by atoms with E-state index in [1.165, 1.54) is 37.6 Å². The van der Waals surface area contributed by atoms with Crippen molar-refractivity contribution in [2.24, 2.45) is 0 Å². The van der Waals surface area contributed by atoms with Crippen LogP contribution in [-0.4, -0.2) is 28.4 Å². The van der Waals surface area contributed by atoms with E-state index >= 15 is 0 Å². The van der Waals surface area contributed by atoms with E-state index < -0.39 is 0 Å². The summed E-state index contributed by atoms with van der Waals surface area (Å²) in [6.07, 6.45) is 5.48. The van der Waals surface area contributed by atoms with Crippen molar-refractivity contribution in [2.45, 2.75) is 45.3 Å². The molecule has 2 heterocycles. The number of carbonyl (C=O) groups excluding carboxylic acids is 1. The van der Waals surface area contributed by atoms with Gasteiger partial charge >= 0.3 is 0 Å². The number of amides is 1. The predicted molar refractivity (Wildman–Crippen MR) is 101 cm³/mol. The van der Waals surface area contributed by atoms with Crippen LogP contribution >= 0.6 is 11.6 Å². The molecule has 0 saturated carbocycles. The fourth-order valence-corrected chi connectivity index (χ4v) is 3.39. The van der Waals surface area contributed by atoms with Crippen molar-refractivity contribution in [2.75, 3.05) is 6.54 Å². The molecule has 0 aliphatic carbocycles. The lowest BCUT2D eigenvalue weighted by Crippen LogP contribution is -2.36. The first kappa shape index (κ1) is 17.9. The van der Waals surface area contributed by atoms with E-state index in [-0.39, 0.29) is 5.91 Å². The summed E-state index contributed by atoms with van der Waals surface area (Å²) in [6, 6.07) is 12.4. The third kappa shape index (κ3) is 5.03. The van der Waals surface area contributed by atoms with E-state index in [1.54, 1.807) is 12.1 Å². The Balaban J connectivity index is 1.53. The molecule has 1 aliphatic rings. The van der Waals surface area contributed by atoms with Crippen LogP contribution in [0, 0.1) is 0 Å². The molecule has 1 amide bonds. The lowest BCUT2D eigenvalue weighted by molar-refractivity contribution is 0.0951. The summed E-state index contributed by atoms with van der Waals surface area (Å²) >= 11 is 5.82. The van der Waals surface area contributed by atoms with Gasteiger partial charge in [0, 0.05) is 30.9 Å². The van der Waals surface area contributed by atoms with Crippen molar-refractivity contribution < 1.29 is 4.79 Å². The number of benzene rings is 1. The Hall–Kier alpha value is -1.91. The third-order valence-electron chi connectivity index (χ3n) is 4.79. The van der Waals surface area contributed by atoms with E-state index in [1.807, 2.05) is 0 Å². The van der Waals surface area contributed by atoms with E-state index in [2.05, 4.69) is 46.4 Å². The Morgan fingerprint density at radius 3 is 2.72 bits per heavy atom. The van der Waals surface area contributed by atoms with Crippen molar-refractivity contribution in [1.82, 2.24) is 15.2 Å². The first-order valence-corrected chi connectivity index (χ1v) is 9.21. The molecule has 1 aliphatic heterocycles. The van der Waals surface area contributed by atoms with Crippen molar-refractivity contribution in [3.8, 4) is 0 Å². The molecule has 0 spiro atoms. The van der Waals surface area contributed by atoms with Crippen LogP contribution in [0.4, 0.5) is 0 Å². The summed E-state index contributed by atoms with van der Waals surface area (Å²) in [4.78, 5) is 18.6. The topological polar surface area (TPSA) is 45.2 Å². The summed E-state index contributed by atoms with van der Waals surface area (Å²) in [6.45, 7) is 5.00. The molecule has 0 radical (unpaired) electrons. The van der Waals surface area contributed by atoms with E-state index in [9.17, 15) is 4.79 Å². The van der Waals surface area contributed by atoms with Crippen LogP contribution in [0.1, 0.15) is 47.7 Å². The Morgan fingerprint density at radius 2 is 2.00 bits per heavy atom. The molecular weight excluding hydrogens is 334 g/mol. The molecule has 25 heavy (non-hydrogen) atoms. The van der Waals surface area contributed by atoms with Gasteiger partial charge in [0.15, 0.2) is 0 Å². The van der Waals surface area contributed by atoms with Crippen LogP contribution in [0.2, 0.25) is 5.15 Å². The number of nitrogens with one attached hydrogen (secondary N) is 1. The normalized spacial score (nSPS) is 18.1. The third-order valence-corrected chi connectivity index (χ3v) is 5.00. The summed E-state index contributed by atoms with van der Waals surface area (Å²) in [5, 5.41) is 3.24. The van der Waals surface area contributed by atoms with E-state index in [4.69, 9.17) is 11.6 Å². The van der Waals surface area contributed by atoms with Crippen LogP contribution in [0.5, 0.6) is 0 Å². The predicted octanol–water partition coefficient (Wildman–Crippen LogP) is 4.04. The molecule has 1 unspecified atom stereocenters. The maximum absolute atomic E-state index is 12.1. The minimum atomic E-state index is -0.143. The van der Waals surface area contributed by atoms with Gasteiger partial charge in [0.05, 0.1) is 0 Å². The van der Waals surface area contributed by atoms with Gasteiger partial charge in [-0.15, -0.1) is 0 Å². The highest BCUT2D eigenvalue weighted by molar-refractivity contribution is 6.29. The molecule has 1 atom stereocenters. The highest BCUT2D eigenvalue weighted by Crippen LogP contribution is 2.19. The molecular formula is C20H24ClN3O. The Bertz CT molecular complexity index is 717. The molecule has 4 nitrogen and oxygen atoms in total. The highest BCUT2D eigenvalue weighted by Gasteiger charge is 2.17. The number of aromatic nitrogens is 1.